The second-order valence-electron chi connectivity index (χ2n) is 11.1. The monoisotopic (exact) mass is 591 g/mol. The van der Waals surface area contributed by atoms with Crippen molar-refractivity contribution in [3.63, 3.8) is 0 Å². The first-order valence-corrected chi connectivity index (χ1v) is 14.7. The molecule has 2 aromatic carbocycles. The molecule has 1 heterocycles. The van der Waals surface area contributed by atoms with Crippen molar-refractivity contribution in [2.45, 2.75) is 58.8 Å². The van der Waals surface area contributed by atoms with Crippen LogP contribution in [-0.2, 0) is 35.8 Å². The third-order valence-corrected chi connectivity index (χ3v) is 7.53. The van der Waals surface area contributed by atoms with E-state index in [0.29, 0.717) is 24.2 Å². The quantitative estimate of drug-likeness (QED) is 0.166. The highest BCUT2D eigenvalue weighted by molar-refractivity contribution is 5.44. The lowest BCUT2D eigenvalue weighted by molar-refractivity contribution is -0.0290. The summed E-state index contributed by atoms with van der Waals surface area (Å²) < 4.78 is 11.1. The van der Waals surface area contributed by atoms with Gasteiger partial charge in [0.15, 0.2) is 0 Å². The number of ether oxygens (including phenoxy) is 2. The van der Waals surface area contributed by atoms with E-state index in [1.807, 2.05) is 38.1 Å². The molecular formula is C31H49N3O8. The van der Waals surface area contributed by atoms with E-state index in [0.717, 1.165) is 67.9 Å². The van der Waals surface area contributed by atoms with Crippen LogP contribution in [0.3, 0.4) is 0 Å². The van der Waals surface area contributed by atoms with Gasteiger partial charge in [0.05, 0.1) is 39.6 Å². The van der Waals surface area contributed by atoms with Gasteiger partial charge in [-0.3, -0.25) is 9.80 Å². The Morgan fingerprint density at radius 3 is 1.40 bits per heavy atom. The van der Waals surface area contributed by atoms with Crippen LogP contribution in [0.2, 0.25) is 0 Å². The Morgan fingerprint density at radius 2 is 1.02 bits per heavy atom. The van der Waals surface area contributed by atoms with Crippen molar-refractivity contribution < 1.29 is 40.1 Å². The molecule has 11 nitrogen and oxygen atoms in total. The molecule has 1 saturated heterocycles. The maximum atomic E-state index is 11.0. The predicted octanol–water partition coefficient (Wildman–Crippen LogP) is 0.752. The van der Waals surface area contributed by atoms with Gasteiger partial charge >= 0.3 is 0 Å². The van der Waals surface area contributed by atoms with E-state index in [4.69, 9.17) is 9.47 Å². The van der Waals surface area contributed by atoms with Crippen LogP contribution in [0, 0.1) is 13.8 Å². The first-order valence-electron chi connectivity index (χ1n) is 14.7. The van der Waals surface area contributed by atoms with Gasteiger partial charge in [-0.25, -0.2) is 0 Å². The second kappa shape index (κ2) is 17.7. The molecular weight excluding hydrogens is 542 g/mol. The van der Waals surface area contributed by atoms with E-state index in [1.165, 1.54) is 0 Å². The number of aliphatic hydroxyl groups excluding tert-OH is 4. The zero-order chi connectivity index (χ0) is 30.5. The normalized spacial score (nSPS) is 16.0. The molecule has 11 heteroatoms. The molecule has 1 aliphatic heterocycles. The van der Waals surface area contributed by atoms with Crippen LogP contribution < -0.4 is 5.32 Å². The Hall–Kier alpha value is -2.32. The van der Waals surface area contributed by atoms with Gasteiger partial charge in [-0.15, -0.1) is 0 Å². The van der Waals surface area contributed by atoms with Crippen LogP contribution in [0.15, 0.2) is 24.3 Å². The largest absolute Gasteiger partial charge is 0.507 e. The molecule has 0 bridgehead atoms. The maximum Gasteiger partial charge on any atom is 0.125 e. The predicted molar refractivity (Wildman–Crippen MR) is 159 cm³/mol. The molecule has 1 aliphatic rings. The highest BCUT2D eigenvalue weighted by Crippen LogP contribution is 2.29. The number of aromatic hydroxyl groups is 2. The molecule has 0 saturated carbocycles. The molecule has 0 atom stereocenters. The van der Waals surface area contributed by atoms with Crippen LogP contribution in [-0.4, -0.2) is 118 Å². The van der Waals surface area contributed by atoms with E-state index in [2.05, 4.69) is 15.1 Å². The summed E-state index contributed by atoms with van der Waals surface area (Å²) in [6, 6.07) is 7.70. The van der Waals surface area contributed by atoms with Crippen LogP contribution >= 0.6 is 0 Å². The van der Waals surface area contributed by atoms with E-state index >= 15 is 0 Å². The molecule has 1 fully saturated rings. The summed E-state index contributed by atoms with van der Waals surface area (Å²) in [4.78, 5) is 4.64. The minimum absolute atomic E-state index is 0.103. The van der Waals surface area contributed by atoms with Crippen molar-refractivity contribution >= 4 is 0 Å². The van der Waals surface area contributed by atoms with Crippen molar-refractivity contribution in [1.82, 2.24) is 15.1 Å². The number of rotatable bonds is 14. The Morgan fingerprint density at radius 1 is 0.643 bits per heavy atom. The molecule has 0 amide bonds. The number of nitrogens with one attached hydrogen (secondary N) is 1. The average Bonchev–Trinajstić information content (AvgIpc) is 2.97. The van der Waals surface area contributed by atoms with E-state index < -0.39 is 12.2 Å². The molecule has 3 rings (SSSR count). The number of nitrogens with zero attached hydrogens (tertiary/aromatic N) is 2. The molecule has 236 valence electrons. The number of phenols is 2. The maximum absolute atomic E-state index is 11.0. The van der Waals surface area contributed by atoms with E-state index in [1.54, 1.807) is 0 Å². The van der Waals surface area contributed by atoms with Crippen molar-refractivity contribution in [3.05, 3.63) is 57.6 Å². The number of hydrogen-bond donors (Lipinski definition) is 7. The number of aryl methyl sites for hydroxylation is 2. The Balaban J connectivity index is 1.64. The lowest BCUT2D eigenvalue weighted by Gasteiger charge is -2.29. The Bertz CT molecular complexity index is 1010. The summed E-state index contributed by atoms with van der Waals surface area (Å²) in [5.41, 5.74) is 4.90. The number of hydrogen-bond acceptors (Lipinski definition) is 11. The van der Waals surface area contributed by atoms with Gasteiger partial charge in [0.1, 0.15) is 23.7 Å². The molecule has 0 radical (unpaired) electrons. The first kappa shape index (κ1) is 34.2. The summed E-state index contributed by atoms with van der Waals surface area (Å²) in [5, 5.41) is 62.7. The van der Waals surface area contributed by atoms with Gasteiger partial charge < -0.3 is 45.4 Å². The van der Waals surface area contributed by atoms with Crippen molar-refractivity contribution in [3.8, 4) is 11.5 Å². The fraction of sp³-hybridized carbons (Fsp3) is 0.613. The summed E-state index contributed by atoms with van der Waals surface area (Å²) in [7, 11) is 0. The van der Waals surface area contributed by atoms with Gasteiger partial charge in [-0.05, 0) is 33.4 Å². The van der Waals surface area contributed by atoms with Crippen LogP contribution in [0.1, 0.15) is 39.8 Å². The molecule has 7 N–H and O–H groups in total. The molecule has 0 spiro atoms. The van der Waals surface area contributed by atoms with Gasteiger partial charge in [0.25, 0.3) is 0 Å². The Kier molecular flexibility index (Phi) is 14.4. The van der Waals surface area contributed by atoms with Crippen LogP contribution in [0.4, 0.5) is 0 Å². The summed E-state index contributed by atoms with van der Waals surface area (Å²) >= 11 is 0. The third-order valence-electron chi connectivity index (χ3n) is 7.53. The molecule has 0 aromatic heterocycles. The summed E-state index contributed by atoms with van der Waals surface area (Å²) in [6.45, 7) is 9.09. The van der Waals surface area contributed by atoms with Gasteiger partial charge in [0, 0.05) is 61.5 Å². The number of phenolic OH excluding ortho intramolecular Hbond substituents is 2. The fourth-order valence-electron chi connectivity index (χ4n) is 5.21. The van der Waals surface area contributed by atoms with Gasteiger partial charge in [0.2, 0.25) is 0 Å². The smallest absolute Gasteiger partial charge is 0.125 e. The fourth-order valence-corrected chi connectivity index (χ4v) is 5.21. The highest BCUT2D eigenvalue weighted by atomic mass is 16.5. The van der Waals surface area contributed by atoms with Crippen molar-refractivity contribution in [1.29, 1.82) is 0 Å². The van der Waals surface area contributed by atoms with E-state index in [-0.39, 0.29) is 51.1 Å². The standard InChI is InChI=1S/C31H49N3O8/c1-22-10-24(30(39)26(12-22)20-41-28(16-35)17-36)14-33-6-3-7-34(9-5-32-4-8-33)15-25-11-23(2)13-27(31(25)40)21-42-29(18-37)19-38/h10-13,28-29,32,35-40H,3-9,14-21H2,1-2H3. The number of benzene rings is 2. The molecule has 2 aromatic rings. The first-order chi connectivity index (χ1) is 20.3. The SMILES string of the molecule is Cc1cc(COC(CO)CO)c(O)c(CN2CCCN(Cc3cc(C)cc(COC(CO)CO)c3O)CCNCC2)c1. The Labute approximate surface area is 248 Å². The van der Waals surface area contributed by atoms with E-state index in [9.17, 15) is 30.6 Å². The molecule has 0 unspecified atom stereocenters. The lowest BCUT2D eigenvalue weighted by Crippen LogP contribution is -2.40. The van der Waals surface area contributed by atoms with Gasteiger partial charge in [-0.1, -0.05) is 35.4 Å². The summed E-state index contributed by atoms with van der Waals surface area (Å²) in [5.74, 6) is 0.363. The molecule has 42 heavy (non-hydrogen) atoms. The van der Waals surface area contributed by atoms with Crippen molar-refractivity contribution in [2.24, 2.45) is 0 Å². The highest BCUT2D eigenvalue weighted by Gasteiger charge is 2.18. The van der Waals surface area contributed by atoms with Crippen LogP contribution in [0.25, 0.3) is 0 Å². The lowest BCUT2D eigenvalue weighted by atomic mass is 10.0. The van der Waals surface area contributed by atoms with Gasteiger partial charge in [-0.2, -0.15) is 0 Å². The molecule has 0 aliphatic carbocycles. The van der Waals surface area contributed by atoms with Crippen LogP contribution in [0.5, 0.6) is 11.5 Å². The minimum atomic E-state index is -0.684. The topological polar surface area (TPSA) is 158 Å². The minimum Gasteiger partial charge on any atom is -0.507 e. The zero-order valence-electron chi connectivity index (χ0n) is 25.0. The zero-order valence-corrected chi connectivity index (χ0v) is 25.0. The number of aliphatic hydroxyl groups is 4. The van der Waals surface area contributed by atoms with Crippen molar-refractivity contribution in [2.75, 3.05) is 65.7 Å². The second-order valence-corrected chi connectivity index (χ2v) is 11.1. The summed E-state index contributed by atoms with van der Waals surface area (Å²) in [6.07, 6.45) is -0.457. The average molecular weight is 592 g/mol. The third kappa shape index (κ3) is 10.4.